The number of piperidine rings is 1. The minimum Gasteiger partial charge on any atom is -0.478 e. The lowest BCUT2D eigenvalue weighted by Gasteiger charge is -2.22. The van der Waals surface area contributed by atoms with Crippen LogP contribution < -0.4 is 10.1 Å². The van der Waals surface area contributed by atoms with Crippen molar-refractivity contribution < 1.29 is 4.74 Å². The third-order valence-electron chi connectivity index (χ3n) is 3.21. The van der Waals surface area contributed by atoms with E-state index < -0.39 is 0 Å². The lowest BCUT2D eigenvalue weighted by molar-refractivity contribution is 0.267. The molecule has 1 aromatic heterocycles. The Hall–Kier alpha value is -0.870. The number of halogens is 1. The zero-order chi connectivity index (χ0) is 12.8. The Morgan fingerprint density at radius 1 is 1.50 bits per heavy atom. The summed E-state index contributed by atoms with van der Waals surface area (Å²) in [5.41, 5.74) is 0.835. The molecule has 1 fully saturated rings. The molecule has 0 saturated carbocycles. The molecule has 1 aliphatic rings. The van der Waals surface area contributed by atoms with Gasteiger partial charge in [0.25, 0.3) is 0 Å². The summed E-state index contributed by atoms with van der Waals surface area (Å²) < 4.78 is 5.60. The summed E-state index contributed by atoms with van der Waals surface area (Å²) in [4.78, 5) is 8.04. The van der Waals surface area contributed by atoms with Crippen LogP contribution in [0.25, 0.3) is 0 Å². The predicted molar refractivity (Wildman–Crippen MR) is 72.1 cm³/mol. The molecule has 0 aliphatic carbocycles. The van der Waals surface area contributed by atoms with Crippen molar-refractivity contribution in [2.45, 2.75) is 32.6 Å². The SMILES string of the molecule is Cc1cc(OCCC[C@@H]2CCCNC2)nc(Cl)n1. The quantitative estimate of drug-likeness (QED) is 0.659. The number of aryl methyl sites for hydroxylation is 1. The summed E-state index contributed by atoms with van der Waals surface area (Å²) in [5, 5.41) is 3.68. The maximum absolute atomic E-state index is 5.77. The van der Waals surface area contributed by atoms with Crippen molar-refractivity contribution >= 4 is 11.6 Å². The Morgan fingerprint density at radius 2 is 2.39 bits per heavy atom. The Morgan fingerprint density at radius 3 is 3.11 bits per heavy atom. The largest absolute Gasteiger partial charge is 0.478 e. The number of nitrogens with one attached hydrogen (secondary N) is 1. The molecule has 0 bridgehead atoms. The van der Waals surface area contributed by atoms with Crippen LogP contribution in [-0.4, -0.2) is 29.7 Å². The molecule has 0 unspecified atom stereocenters. The lowest BCUT2D eigenvalue weighted by atomic mass is 9.95. The van der Waals surface area contributed by atoms with E-state index in [-0.39, 0.29) is 5.28 Å². The van der Waals surface area contributed by atoms with Gasteiger partial charge in [-0.3, -0.25) is 0 Å². The third kappa shape index (κ3) is 4.42. The van der Waals surface area contributed by atoms with Gasteiger partial charge in [-0.1, -0.05) is 0 Å². The minimum absolute atomic E-state index is 0.251. The summed E-state index contributed by atoms with van der Waals surface area (Å²) in [5.74, 6) is 1.38. The van der Waals surface area contributed by atoms with Gasteiger partial charge in [0.15, 0.2) is 0 Å². The van der Waals surface area contributed by atoms with Crippen LogP contribution in [0.1, 0.15) is 31.4 Å². The normalized spacial score (nSPS) is 19.8. The molecular weight excluding hydrogens is 250 g/mol. The topological polar surface area (TPSA) is 47.0 Å². The third-order valence-corrected chi connectivity index (χ3v) is 3.38. The highest BCUT2D eigenvalue weighted by Gasteiger charge is 2.12. The van der Waals surface area contributed by atoms with E-state index in [1.165, 1.54) is 25.8 Å². The van der Waals surface area contributed by atoms with Gasteiger partial charge in [0.05, 0.1) is 6.61 Å². The van der Waals surface area contributed by atoms with Crippen LogP contribution in [0, 0.1) is 12.8 Å². The molecule has 0 spiro atoms. The molecule has 2 heterocycles. The maximum atomic E-state index is 5.77. The van der Waals surface area contributed by atoms with Gasteiger partial charge in [0.1, 0.15) is 0 Å². The smallest absolute Gasteiger partial charge is 0.225 e. The molecule has 100 valence electrons. The average Bonchev–Trinajstić information content (AvgIpc) is 2.35. The molecule has 18 heavy (non-hydrogen) atoms. The van der Waals surface area contributed by atoms with Gasteiger partial charge < -0.3 is 10.1 Å². The van der Waals surface area contributed by atoms with E-state index in [2.05, 4.69) is 15.3 Å². The fourth-order valence-corrected chi connectivity index (χ4v) is 2.51. The minimum atomic E-state index is 0.251. The highest BCUT2D eigenvalue weighted by Crippen LogP contribution is 2.17. The molecule has 1 atom stereocenters. The van der Waals surface area contributed by atoms with Crippen molar-refractivity contribution in [2.24, 2.45) is 5.92 Å². The molecule has 0 radical (unpaired) electrons. The second-order valence-corrected chi connectivity index (χ2v) is 5.16. The van der Waals surface area contributed by atoms with E-state index in [1.807, 2.05) is 13.0 Å². The Bertz CT molecular complexity index is 360. The number of hydrogen-bond donors (Lipinski definition) is 1. The van der Waals surface area contributed by atoms with Crippen molar-refractivity contribution in [1.29, 1.82) is 0 Å². The maximum Gasteiger partial charge on any atom is 0.225 e. The van der Waals surface area contributed by atoms with Crippen molar-refractivity contribution in [3.8, 4) is 5.88 Å². The number of hydrogen-bond acceptors (Lipinski definition) is 4. The van der Waals surface area contributed by atoms with Crippen molar-refractivity contribution in [3.05, 3.63) is 17.0 Å². The molecule has 1 N–H and O–H groups in total. The van der Waals surface area contributed by atoms with Crippen LogP contribution in [0.15, 0.2) is 6.07 Å². The molecule has 1 aliphatic heterocycles. The second-order valence-electron chi connectivity index (χ2n) is 4.82. The first-order valence-electron chi connectivity index (χ1n) is 6.59. The summed E-state index contributed by atoms with van der Waals surface area (Å²) in [6.07, 6.45) is 4.91. The first-order valence-corrected chi connectivity index (χ1v) is 6.96. The summed E-state index contributed by atoms with van der Waals surface area (Å²) in [7, 11) is 0. The van der Waals surface area contributed by atoms with E-state index in [4.69, 9.17) is 16.3 Å². The van der Waals surface area contributed by atoms with Gasteiger partial charge in [-0.2, -0.15) is 4.98 Å². The molecular formula is C13H20ClN3O. The Balaban J connectivity index is 1.68. The molecule has 1 aromatic rings. The van der Waals surface area contributed by atoms with E-state index in [0.29, 0.717) is 12.5 Å². The van der Waals surface area contributed by atoms with Gasteiger partial charge in [-0.15, -0.1) is 0 Å². The van der Waals surface area contributed by atoms with Gasteiger partial charge in [0, 0.05) is 11.8 Å². The highest BCUT2D eigenvalue weighted by atomic mass is 35.5. The Labute approximate surface area is 113 Å². The number of ether oxygens (including phenoxy) is 1. The zero-order valence-electron chi connectivity index (χ0n) is 10.8. The van der Waals surface area contributed by atoms with Crippen LogP contribution in [0.2, 0.25) is 5.28 Å². The molecule has 5 heteroatoms. The standard InChI is InChI=1S/C13H20ClN3O/c1-10-8-12(17-13(14)16-10)18-7-3-5-11-4-2-6-15-9-11/h8,11,15H,2-7,9H2,1H3/t11-/m0/s1. The van der Waals surface area contributed by atoms with Gasteiger partial charge in [-0.05, 0) is 63.2 Å². The number of rotatable bonds is 5. The monoisotopic (exact) mass is 269 g/mol. The van der Waals surface area contributed by atoms with E-state index in [0.717, 1.165) is 24.6 Å². The van der Waals surface area contributed by atoms with Crippen molar-refractivity contribution in [1.82, 2.24) is 15.3 Å². The van der Waals surface area contributed by atoms with Crippen LogP contribution in [-0.2, 0) is 0 Å². The lowest BCUT2D eigenvalue weighted by Crippen LogP contribution is -2.29. The predicted octanol–water partition coefficient (Wildman–Crippen LogP) is 2.60. The van der Waals surface area contributed by atoms with E-state index in [9.17, 15) is 0 Å². The molecule has 1 saturated heterocycles. The highest BCUT2D eigenvalue weighted by molar-refractivity contribution is 6.28. The van der Waals surface area contributed by atoms with Gasteiger partial charge >= 0.3 is 0 Å². The number of nitrogens with zero attached hydrogens (tertiary/aromatic N) is 2. The van der Waals surface area contributed by atoms with Crippen LogP contribution in [0.5, 0.6) is 5.88 Å². The van der Waals surface area contributed by atoms with Crippen LogP contribution in [0.3, 0.4) is 0 Å². The first kappa shape index (κ1) is 13.6. The molecule has 0 aromatic carbocycles. The van der Waals surface area contributed by atoms with Gasteiger partial charge in [0.2, 0.25) is 11.2 Å². The molecule has 0 amide bonds. The fraction of sp³-hybridized carbons (Fsp3) is 0.692. The van der Waals surface area contributed by atoms with E-state index in [1.54, 1.807) is 0 Å². The zero-order valence-corrected chi connectivity index (χ0v) is 11.5. The van der Waals surface area contributed by atoms with Crippen LogP contribution >= 0.6 is 11.6 Å². The molecule has 4 nitrogen and oxygen atoms in total. The van der Waals surface area contributed by atoms with E-state index >= 15 is 0 Å². The van der Waals surface area contributed by atoms with Gasteiger partial charge in [-0.25, -0.2) is 4.98 Å². The Kier molecular flexibility index (Phi) is 5.20. The molecule has 2 rings (SSSR count). The average molecular weight is 270 g/mol. The summed E-state index contributed by atoms with van der Waals surface area (Å²) in [6, 6.07) is 1.81. The summed E-state index contributed by atoms with van der Waals surface area (Å²) in [6.45, 7) is 4.90. The fourth-order valence-electron chi connectivity index (χ4n) is 2.30. The second kappa shape index (κ2) is 6.90. The van der Waals surface area contributed by atoms with Crippen LogP contribution in [0.4, 0.5) is 0 Å². The van der Waals surface area contributed by atoms with Crippen molar-refractivity contribution in [3.63, 3.8) is 0 Å². The number of aromatic nitrogens is 2. The summed E-state index contributed by atoms with van der Waals surface area (Å²) >= 11 is 5.77. The first-order chi connectivity index (χ1) is 8.74. The van der Waals surface area contributed by atoms with Crippen molar-refractivity contribution in [2.75, 3.05) is 19.7 Å².